The summed E-state index contributed by atoms with van der Waals surface area (Å²) in [6.07, 6.45) is 0. The molecule has 0 heterocycles. The quantitative estimate of drug-likeness (QED) is 0.790. The molecule has 0 radical (unpaired) electrons. The third-order valence-electron chi connectivity index (χ3n) is 2.75. The van der Waals surface area contributed by atoms with E-state index in [-0.39, 0.29) is 11.8 Å². The Hall–Kier alpha value is -1.35. The highest BCUT2D eigenvalue weighted by Crippen LogP contribution is 2.13. The van der Waals surface area contributed by atoms with E-state index in [0.717, 1.165) is 0 Å². The molecule has 0 saturated heterocycles. The molecular formula is C13H20N2O. The van der Waals surface area contributed by atoms with E-state index in [9.17, 15) is 4.79 Å². The van der Waals surface area contributed by atoms with Crippen molar-refractivity contribution >= 4 is 5.91 Å². The maximum absolute atomic E-state index is 11.5. The summed E-state index contributed by atoms with van der Waals surface area (Å²) in [4.78, 5) is 11.5. The highest BCUT2D eigenvalue weighted by molar-refractivity contribution is 5.78. The van der Waals surface area contributed by atoms with Gasteiger partial charge in [0.05, 0.1) is 0 Å². The number of rotatable bonds is 5. The zero-order valence-corrected chi connectivity index (χ0v) is 9.94. The second-order valence-electron chi connectivity index (χ2n) is 4.19. The number of carbonyl (C=O) groups excluding carboxylic acids is 1. The van der Waals surface area contributed by atoms with E-state index in [1.165, 1.54) is 5.56 Å². The van der Waals surface area contributed by atoms with Crippen molar-refractivity contribution in [3.63, 3.8) is 0 Å². The Morgan fingerprint density at radius 1 is 1.31 bits per heavy atom. The Bertz CT molecular complexity index is 324. The second-order valence-corrected chi connectivity index (χ2v) is 4.19. The van der Waals surface area contributed by atoms with E-state index < -0.39 is 0 Å². The van der Waals surface area contributed by atoms with Gasteiger partial charge in [-0.25, -0.2) is 0 Å². The van der Waals surface area contributed by atoms with E-state index in [0.29, 0.717) is 19.0 Å². The average molecular weight is 220 g/mol. The van der Waals surface area contributed by atoms with Gasteiger partial charge >= 0.3 is 0 Å². The molecule has 88 valence electrons. The smallest absolute Gasteiger partial charge is 0.224 e. The van der Waals surface area contributed by atoms with Gasteiger partial charge in [0.1, 0.15) is 0 Å². The van der Waals surface area contributed by atoms with Crippen molar-refractivity contribution in [3.05, 3.63) is 35.9 Å². The van der Waals surface area contributed by atoms with Crippen molar-refractivity contribution < 1.29 is 4.79 Å². The topological polar surface area (TPSA) is 55.1 Å². The minimum Gasteiger partial charge on any atom is -0.355 e. The van der Waals surface area contributed by atoms with Gasteiger partial charge in [0.25, 0.3) is 0 Å². The molecule has 1 rings (SSSR count). The van der Waals surface area contributed by atoms with Crippen LogP contribution in [0.25, 0.3) is 0 Å². The van der Waals surface area contributed by atoms with Crippen LogP contribution in [0.3, 0.4) is 0 Å². The second kappa shape index (κ2) is 6.28. The third kappa shape index (κ3) is 3.66. The van der Waals surface area contributed by atoms with Crippen molar-refractivity contribution in [2.24, 2.45) is 11.7 Å². The Balaban J connectivity index is 2.42. The van der Waals surface area contributed by atoms with Gasteiger partial charge in [-0.1, -0.05) is 44.2 Å². The number of hydrogen-bond acceptors (Lipinski definition) is 2. The maximum Gasteiger partial charge on any atom is 0.224 e. The maximum atomic E-state index is 11.5. The van der Waals surface area contributed by atoms with Gasteiger partial charge in [-0.15, -0.1) is 0 Å². The predicted molar refractivity (Wildman–Crippen MR) is 66.1 cm³/mol. The van der Waals surface area contributed by atoms with Crippen molar-refractivity contribution in [1.29, 1.82) is 0 Å². The molecule has 0 fully saturated rings. The summed E-state index contributed by atoms with van der Waals surface area (Å²) in [5.74, 6) is 0.253. The van der Waals surface area contributed by atoms with Gasteiger partial charge in [-0.05, 0) is 11.5 Å². The molecular weight excluding hydrogens is 200 g/mol. The fourth-order valence-electron chi connectivity index (χ4n) is 1.43. The lowest BCUT2D eigenvalue weighted by Crippen LogP contribution is -2.35. The molecule has 2 atom stereocenters. The fourth-order valence-corrected chi connectivity index (χ4v) is 1.43. The molecule has 0 aliphatic heterocycles. The summed E-state index contributed by atoms with van der Waals surface area (Å²) in [5.41, 5.74) is 6.67. The van der Waals surface area contributed by atoms with Crippen LogP contribution in [-0.4, -0.2) is 19.0 Å². The first-order valence-electron chi connectivity index (χ1n) is 5.68. The summed E-state index contributed by atoms with van der Waals surface area (Å²) in [7, 11) is 0. The molecule has 0 aliphatic carbocycles. The number of amides is 1. The lowest BCUT2D eigenvalue weighted by Gasteiger charge is -2.15. The molecule has 0 aliphatic rings. The molecule has 0 bridgehead atoms. The van der Waals surface area contributed by atoms with Gasteiger partial charge in [-0.3, -0.25) is 4.79 Å². The first-order chi connectivity index (χ1) is 7.65. The van der Waals surface area contributed by atoms with Crippen LogP contribution in [0.5, 0.6) is 0 Å². The number of nitrogens with one attached hydrogen (secondary N) is 1. The number of carbonyl (C=O) groups is 1. The monoisotopic (exact) mass is 220 g/mol. The average Bonchev–Trinajstić information content (AvgIpc) is 2.35. The molecule has 2 unspecified atom stereocenters. The van der Waals surface area contributed by atoms with E-state index >= 15 is 0 Å². The first-order valence-corrected chi connectivity index (χ1v) is 5.68. The zero-order chi connectivity index (χ0) is 12.0. The predicted octanol–water partition coefficient (Wildman–Crippen LogP) is 1.50. The van der Waals surface area contributed by atoms with E-state index in [2.05, 4.69) is 24.4 Å². The van der Waals surface area contributed by atoms with Crippen molar-refractivity contribution in [2.45, 2.75) is 19.8 Å². The first kappa shape index (κ1) is 12.7. The third-order valence-corrected chi connectivity index (χ3v) is 2.75. The highest BCUT2D eigenvalue weighted by Gasteiger charge is 2.12. The Morgan fingerprint density at radius 2 is 1.94 bits per heavy atom. The van der Waals surface area contributed by atoms with Crippen LogP contribution in [0.1, 0.15) is 25.3 Å². The lowest BCUT2D eigenvalue weighted by molar-refractivity contribution is -0.124. The van der Waals surface area contributed by atoms with Gasteiger partial charge in [0, 0.05) is 19.0 Å². The standard InChI is InChI=1S/C13H20N2O/c1-10(8-14)13(16)15-9-11(2)12-6-4-3-5-7-12/h3-7,10-11H,8-9,14H2,1-2H3,(H,15,16). The minimum atomic E-state index is -0.108. The Labute approximate surface area is 97.0 Å². The minimum absolute atomic E-state index is 0.0327. The van der Waals surface area contributed by atoms with E-state index in [1.54, 1.807) is 0 Å². The molecule has 0 aromatic heterocycles. The molecule has 0 saturated carbocycles. The Kier molecular flexibility index (Phi) is 4.99. The zero-order valence-electron chi connectivity index (χ0n) is 9.94. The SMILES string of the molecule is CC(CN)C(=O)NCC(C)c1ccccc1. The molecule has 3 nitrogen and oxygen atoms in total. The molecule has 16 heavy (non-hydrogen) atoms. The molecule has 1 amide bonds. The highest BCUT2D eigenvalue weighted by atomic mass is 16.1. The van der Waals surface area contributed by atoms with Crippen molar-refractivity contribution in [1.82, 2.24) is 5.32 Å². The summed E-state index contributed by atoms with van der Waals surface area (Å²) < 4.78 is 0. The summed E-state index contributed by atoms with van der Waals surface area (Å²) >= 11 is 0. The van der Waals surface area contributed by atoms with Crippen molar-refractivity contribution in [2.75, 3.05) is 13.1 Å². The van der Waals surface area contributed by atoms with Crippen LogP contribution < -0.4 is 11.1 Å². The van der Waals surface area contributed by atoms with E-state index in [1.807, 2.05) is 25.1 Å². The molecule has 3 heteroatoms. The Morgan fingerprint density at radius 3 is 2.50 bits per heavy atom. The molecule has 3 N–H and O–H groups in total. The lowest BCUT2D eigenvalue weighted by atomic mass is 10.0. The van der Waals surface area contributed by atoms with Crippen LogP contribution >= 0.6 is 0 Å². The number of benzene rings is 1. The van der Waals surface area contributed by atoms with Crippen LogP contribution in [0.2, 0.25) is 0 Å². The summed E-state index contributed by atoms with van der Waals surface area (Å²) in [6.45, 7) is 4.99. The fraction of sp³-hybridized carbons (Fsp3) is 0.462. The largest absolute Gasteiger partial charge is 0.355 e. The normalized spacial score (nSPS) is 14.2. The number of hydrogen-bond donors (Lipinski definition) is 2. The van der Waals surface area contributed by atoms with Gasteiger partial charge in [0.2, 0.25) is 5.91 Å². The van der Waals surface area contributed by atoms with Crippen LogP contribution in [0.15, 0.2) is 30.3 Å². The van der Waals surface area contributed by atoms with Crippen molar-refractivity contribution in [3.8, 4) is 0 Å². The van der Waals surface area contributed by atoms with Crippen LogP contribution in [-0.2, 0) is 4.79 Å². The van der Waals surface area contributed by atoms with Crippen LogP contribution in [0.4, 0.5) is 0 Å². The van der Waals surface area contributed by atoms with E-state index in [4.69, 9.17) is 5.73 Å². The van der Waals surface area contributed by atoms with Gasteiger partial charge < -0.3 is 11.1 Å². The molecule has 1 aromatic rings. The van der Waals surface area contributed by atoms with Gasteiger partial charge in [-0.2, -0.15) is 0 Å². The van der Waals surface area contributed by atoms with Crippen LogP contribution in [0, 0.1) is 5.92 Å². The number of nitrogens with two attached hydrogens (primary N) is 1. The summed E-state index contributed by atoms with van der Waals surface area (Å²) in [5, 5.41) is 2.91. The molecule has 0 spiro atoms. The summed E-state index contributed by atoms with van der Waals surface area (Å²) in [6, 6.07) is 10.2. The molecule has 1 aromatic carbocycles. The van der Waals surface area contributed by atoms with Gasteiger partial charge in [0.15, 0.2) is 0 Å².